The zero-order valence-electron chi connectivity index (χ0n) is 16.1. The van der Waals surface area contributed by atoms with Gasteiger partial charge >= 0.3 is 0 Å². The first-order chi connectivity index (χ1) is 13.9. The third-order valence-corrected chi connectivity index (χ3v) is 4.70. The summed E-state index contributed by atoms with van der Waals surface area (Å²) in [6, 6.07) is 14.9. The number of nitrogens with zero attached hydrogens (tertiary/aromatic N) is 2. The summed E-state index contributed by atoms with van der Waals surface area (Å²) >= 11 is 0. The zero-order valence-corrected chi connectivity index (χ0v) is 16.1. The molecule has 29 heavy (non-hydrogen) atoms. The molecule has 0 aliphatic carbocycles. The van der Waals surface area contributed by atoms with E-state index in [4.69, 9.17) is 4.74 Å². The normalized spacial score (nSPS) is 12.3. The van der Waals surface area contributed by atoms with Crippen molar-refractivity contribution in [2.45, 2.75) is 20.0 Å². The minimum absolute atomic E-state index is 0.0697. The minimum atomic E-state index is -0.663. The predicted molar refractivity (Wildman–Crippen MR) is 108 cm³/mol. The maximum Gasteiger partial charge on any atom is 0.137 e. The molecule has 4 nitrogen and oxygen atoms in total. The highest BCUT2D eigenvalue weighted by atomic mass is 19.1. The van der Waals surface area contributed by atoms with Gasteiger partial charge in [0.25, 0.3) is 0 Å². The molecule has 4 rings (SSSR count). The second kappa shape index (κ2) is 7.64. The molecular weight excluding hydrogens is 374 g/mol. The van der Waals surface area contributed by atoms with Gasteiger partial charge in [-0.1, -0.05) is 12.1 Å². The van der Waals surface area contributed by atoms with Crippen LogP contribution in [-0.4, -0.2) is 27.6 Å². The third kappa shape index (κ3) is 3.71. The molecular formula is C23H20F2N2O2. The molecule has 1 unspecified atom stereocenters. The molecule has 0 radical (unpaired) electrons. The lowest BCUT2D eigenvalue weighted by molar-refractivity contribution is 0.123. The molecule has 6 heteroatoms. The van der Waals surface area contributed by atoms with Crippen molar-refractivity contribution in [3.05, 3.63) is 78.0 Å². The molecule has 0 bridgehead atoms. The molecule has 0 saturated carbocycles. The summed E-state index contributed by atoms with van der Waals surface area (Å²) < 4.78 is 35.5. The average molecular weight is 394 g/mol. The quantitative estimate of drug-likeness (QED) is 0.516. The van der Waals surface area contributed by atoms with Crippen LogP contribution in [0.25, 0.3) is 27.7 Å². The number of ether oxygens (including phenoxy) is 1. The number of benzene rings is 3. The highest BCUT2D eigenvalue weighted by Crippen LogP contribution is 2.36. The van der Waals surface area contributed by atoms with E-state index in [0.717, 1.165) is 16.6 Å². The lowest BCUT2D eigenvalue weighted by Crippen LogP contribution is -2.13. The van der Waals surface area contributed by atoms with Crippen molar-refractivity contribution in [1.29, 1.82) is 0 Å². The van der Waals surface area contributed by atoms with Crippen LogP contribution in [0.3, 0.4) is 0 Å². The molecule has 4 aromatic rings. The van der Waals surface area contributed by atoms with Crippen LogP contribution in [0.15, 0.2) is 60.8 Å². The van der Waals surface area contributed by atoms with Crippen molar-refractivity contribution < 1.29 is 18.6 Å². The largest absolute Gasteiger partial charge is 0.490 e. The van der Waals surface area contributed by atoms with Gasteiger partial charge in [0.15, 0.2) is 0 Å². The van der Waals surface area contributed by atoms with Gasteiger partial charge in [0, 0.05) is 5.39 Å². The third-order valence-electron chi connectivity index (χ3n) is 4.70. The molecule has 0 amide bonds. The highest BCUT2D eigenvalue weighted by molar-refractivity contribution is 5.87. The van der Waals surface area contributed by atoms with Crippen LogP contribution in [0.1, 0.15) is 12.5 Å². The van der Waals surface area contributed by atoms with Crippen LogP contribution in [-0.2, 0) is 0 Å². The maximum absolute atomic E-state index is 15.0. The summed E-state index contributed by atoms with van der Waals surface area (Å²) in [6.07, 6.45) is 1.02. The Morgan fingerprint density at radius 2 is 1.83 bits per heavy atom. The Morgan fingerprint density at radius 3 is 2.55 bits per heavy atom. The van der Waals surface area contributed by atoms with Gasteiger partial charge in [-0.25, -0.2) is 13.5 Å². The van der Waals surface area contributed by atoms with Gasteiger partial charge in [0.05, 0.1) is 29.1 Å². The number of aromatic nitrogens is 2. The van der Waals surface area contributed by atoms with Crippen LogP contribution in [0.5, 0.6) is 5.75 Å². The van der Waals surface area contributed by atoms with Gasteiger partial charge < -0.3 is 9.84 Å². The van der Waals surface area contributed by atoms with Gasteiger partial charge in [0.1, 0.15) is 24.0 Å². The van der Waals surface area contributed by atoms with Gasteiger partial charge in [-0.05, 0) is 67.4 Å². The fourth-order valence-corrected chi connectivity index (χ4v) is 3.24. The molecule has 1 heterocycles. The molecule has 1 N–H and O–H groups in total. The van der Waals surface area contributed by atoms with Crippen molar-refractivity contribution in [2.24, 2.45) is 0 Å². The summed E-state index contributed by atoms with van der Waals surface area (Å²) in [4.78, 5) is 0. The monoisotopic (exact) mass is 394 g/mol. The second-order valence-electron chi connectivity index (χ2n) is 7.04. The number of hydrogen-bond acceptors (Lipinski definition) is 3. The average Bonchev–Trinajstić information content (AvgIpc) is 3.12. The minimum Gasteiger partial charge on any atom is -0.490 e. The molecule has 0 aliphatic rings. The van der Waals surface area contributed by atoms with E-state index in [1.54, 1.807) is 55.1 Å². The first-order valence-corrected chi connectivity index (χ1v) is 9.28. The van der Waals surface area contributed by atoms with E-state index in [-0.39, 0.29) is 18.2 Å². The van der Waals surface area contributed by atoms with Gasteiger partial charge in [-0.2, -0.15) is 5.10 Å². The number of halogens is 2. The smallest absolute Gasteiger partial charge is 0.137 e. The molecule has 148 valence electrons. The predicted octanol–water partition coefficient (Wildman–Crippen LogP) is 5.04. The number of rotatable bonds is 5. The van der Waals surface area contributed by atoms with E-state index in [2.05, 4.69) is 5.10 Å². The molecule has 0 saturated heterocycles. The van der Waals surface area contributed by atoms with E-state index in [1.807, 2.05) is 12.1 Å². The molecule has 0 spiro atoms. The topological polar surface area (TPSA) is 47.3 Å². The van der Waals surface area contributed by atoms with Crippen molar-refractivity contribution in [2.75, 3.05) is 6.61 Å². The van der Waals surface area contributed by atoms with Crippen LogP contribution in [0.2, 0.25) is 0 Å². The standard InChI is InChI=1S/C23H20F2N2O2/c1-14-3-10-21(29-13-15(2)28)22(23(14)25)16-4-9-20-17(11-16)12-26-27(20)19-7-5-18(24)6-8-19/h3-12,15,28H,13H2,1-2H3. The molecule has 0 aliphatic heterocycles. The van der Waals surface area contributed by atoms with E-state index in [1.165, 1.54) is 12.1 Å². The van der Waals surface area contributed by atoms with Gasteiger partial charge in [0.2, 0.25) is 0 Å². The number of aliphatic hydroxyl groups excluding tert-OH is 1. The van der Waals surface area contributed by atoms with Crippen molar-refractivity contribution in [1.82, 2.24) is 9.78 Å². The van der Waals surface area contributed by atoms with Crippen LogP contribution >= 0.6 is 0 Å². The van der Waals surface area contributed by atoms with Gasteiger partial charge in [-0.3, -0.25) is 0 Å². The van der Waals surface area contributed by atoms with Crippen molar-refractivity contribution in [3.63, 3.8) is 0 Å². The van der Waals surface area contributed by atoms with Crippen molar-refractivity contribution >= 4 is 10.9 Å². The Morgan fingerprint density at radius 1 is 1.07 bits per heavy atom. The summed E-state index contributed by atoms with van der Waals surface area (Å²) in [6.45, 7) is 3.38. The summed E-state index contributed by atoms with van der Waals surface area (Å²) in [5, 5.41) is 14.7. The Labute approximate surface area is 167 Å². The Hall–Kier alpha value is -3.25. The first kappa shape index (κ1) is 19.1. The van der Waals surface area contributed by atoms with Crippen molar-refractivity contribution in [3.8, 4) is 22.6 Å². The second-order valence-corrected chi connectivity index (χ2v) is 7.04. The van der Waals surface area contributed by atoms with Crippen LogP contribution < -0.4 is 4.74 Å². The molecule has 1 atom stereocenters. The Balaban J connectivity index is 1.79. The fourth-order valence-electron chi connectivity index (χ4n) is 3.24. The number of aliphatic hydroxyl groups is 1. The first-order valence-electron chi connectivity index (χ1n) is 9.28. The lowest BCUT2D eigenvalue weighted by Gasteiger charge is -2.15. The van der Waals surface area contributed by atoms with E-state index >= 15 is 0 Å². The summed E-state index contributed by atoms with van der Waals surface area (Å²) in [5.41, 5.74) is 3.06. The number of hydrogen-bond donors (Lipinski definition) is 1. The van der Waals surface area contributed by atoms with Gasteiger partial charge in [-0.15, -0.1) is 0 Å². The van der Waals surface area contributed by atoms with E-state index < -0.39 is 6.10 Å². The van der Waals surface area contributed by atoms with Crippen LogP contribution in [0, 0.1) is 18.6 Å². The maximum atomic E-state index is 15.0. The van der Waals surface area contributed by atoms with Crippen LogP contribution in [0.4, 0.5) is 8.78 Å². The number of aryl methyl sites for hydroxylation is 1. The zero-order chi connectivity index (χ0) is 20.5. The SMILES string of the molecule is Cc1ccc(OCC(C)O)c(-c2ccc3c(cnn3-c3ccc(F)cc3)c2)c1F. The van der Waals surface area contributed by atoms with E-state index in [9.17, 15) is 13.9 Å². The molecule has 1 aromatic heterocycles. The lowest BCUT2D eigenvalue weighted by atomic mass is 10.00. The summed E-state index contributed by atoms with van der Waals surface area (Å²) in [7, 11) is 0. The Bertz CT molecular complexity index is 1170. The van der Waals surface area contributed by atoms with E-state index in [0.29, 0.717) is 22.4 Å². The summed E-state index contributed by atoms with van der Waals surface area (Å²) in [5.74, 6) is -0.301. The fraction of sp³-hybridized carbons (Fsp3) is 0.174. The molecule has 3 aromatic carbocycles. The Kier molecular flexibility index (Phi) is 5.03. The highest BCUT2D eigenvalue weighted by Gasteiger charge is 2.17. The molecule has 0 fully saturated rings. The number of fused-ring (bicyclic) bond motifs is 1.